The van der Waals surface area contributed by atoms with Crippen LogP contribution in [0, 0.1) is 0 Å². The Morgan fingerprint density at radius 3 is 2.50 bits per heavy atom. The maximum atomic E-state index is 12.9. The van der Waals surface area contributed by atoms with Gasteiger partial charge in [0.1, 0.15) is 6.04 Å². The summed E-state index contributed by atoms with van der Waals surface area (Å²) in [6.45, 7) is 3.03. The smallest absolute Gasteiger partial charge is 0.245 e. The summed E-state index contributed by atoms with van der Waals surface area (Å²) in [7, 11) is 0. The van der Waals surface area contributed by atoms with Crippen molar-refractivity contribution >= 4 is 11.8 Å². The average Bonchev–Trinajstić information content (AvgIpc) is 3.44. The highest BCUT2D eigenvalue weighted by molar-refractivity contribution is 5.88. The third-order valence-electron chi connectivity index (χ3n) is 6.17. The number of piperidine rings is 1. The van der Waals surface area contributed by atoms with E-state index in [0.717, 1.165) is 38.0 Å². The van der Waals surface area contributed by atoms with Gasteiger partial charge in [0.15, 0.2) is 0 Å². The van der Waals surface area contributed by atoms with Crippen LogP contribution in [0.4, 0.5) is 0 Å². The quantitative estimate of drug-likeness (QED) is 0.763. The number of hydrogen-bond acceptors (Lipinski definition) is 6. The summed E-state index contributed by atoms with van der Waals surface area (Å²) < 4.78 is 11.1. The van der Waals surface area contributed by atoms with Gasteiger partial charge in [-0.05, 0) is 32.1 Å². The van der Waals surface area contributed by atoms with Crippen molar-refractivity contribution in [2.45, 2.75) is 69.7 Å². The molecule has 0 bridgehead atoms. The standard InChI is InChI=1S/C20H30N4O4/c25-18(9-8-17-21-22-19(28-17)15-5-1-2-6-15)24-10-4-3-7-16(24)20(26)23-11-13-27-14-12-23/h15-16H,1-14H2. The highest BCUT2D eigenvalue weighted by Crippen LogP contribution is 2.33. The number of nitrogens with zero attached hydrogens (tertiary/aromatic N) is 4. The van der Waals surface area contributed by atoms with Gasteiger partial charge in [-0.25, -0.2) is 0 Å². The third kappa shape index (κ3) is 4.37. The third-order valence-corrected chi connectivity index (χ3v) is 6.17. The summed E-state index contributed by atoms with van der Waals surface area (Å²) in [4.78, 5) is 29.4. The Bertz CT molecular complexity index is 680. The minimum atomic E-state index is -0.337. The summed E-state index contributed by atoms with van der Waals surface area (Å²) in [6, 6.07) is -0.337. The van der Waals surface area contributed by atoms with Crippen molar-refractivity contribution in [2.24, 2.45) is 0 Å². The number of aryl methyl sites for hydroxylation is 1. The fourth-order valence-electron chi connectivity index (χ4n) is 4.54. The molecule has 154 valence electrons. The first kappa shape index (κ1) is 19.4. The van der Waals surface area contributed by atoms with Gasteiger partial charge in [-0.3, -0.25) is 9.59 Å². The van der Waals surface area contributed by atoms with E-state index in [2.05, 4.69) is 10.2 Å². The molecular weight excluding hydrogens is 360 g/mol. The van der Waals surface area contributed by atoms with Crippen LogP contribution < -0.4 is 0 Å². The van der Waals surface area contributed by atoms with Crippen LogP contribution in [0.1, 0.15) is 69.1 Å². The molecule has 1 aromatic rings. The molecule has 2 amide bonds. The minimum absolute atomic E-state index is 0.00641. The van der Waals surface area contributed by atoms with Crippen molar-refractivity contribution in [3.8, 4) is 0 Å². The van der Waals surface area contributed by atoms with E-state index in [-0.39, 0.29) is 17.9 Å². The van der Waals surface area contributed by atoms with E-state index in [4.69, 9.17) is 9.15 Å². The molecule has 8 nitrogen and oxygen atoms in total. The Kier molecular flexibility index (Phi) is 6.24. The van der Waals surface area contributed by atoms with Gasteiger partial charge in [0.2, 0.25) is 23.6 Å². The lowest BCUT2D eigenvalue weighted by molar-refractivity contribution is -0.150. The first-order chi connectivity index (χ1) is 13.7. The Morgan fingerprint density at radius 2 is 1.71 bits per heavy atom. The molecule has 0 aromatic carbocycles. The molecule has 0 radical (unpaired) electrons. The van der Waals surface area contributed by atoms with Crippen molar-refractivity contribution in [3.63, 3.8) is 0 Å². The minimum Gasteiger partial charge on any atom is -0.425 e. The average molecular weight is 390 g/mol. The number of likely N-dealkylation sites (tertiary alicyclic amines) is 1. The number of morpholine rings is 1. The fourth-order valence-corrected chi connectivity index (χ4v) is 4.54. The van der Waals surface area contributed by atoms with Crippen molar-refractivity contribution in [3.05, 3.63) is 11.8 Å². The van der Waals surface area contributed by atoms with Crippen LogP contribution >= 0.6 is 0 Å². The summed E-state index contributed by atoms with van der Waals surface area (Å²) in [5.74, 6) is 1.71. The van der Waals surface area contributed by atoms with Crippen molar-refractivity contribution < 1.29 is 18.7 Å². The van der Waals surface area contributed by atoms with Gasteiger partial charge in [-0.15, -0.1) is 10.2 Å². The number of amides is 2. The molecular formula is C20H30N4O4. The maximum absolute atomic E-state index is 12.9. The molecule has 1 atom stereocenters. The molecule has 1 saturated carbocycles. The van der Waals surface area contributed by atoms with Crippen LogP contribution in [-0.4, -0.2) is 70.7 Å². The van der Waals surface area contributed by atoms with Crippen LogP contribution in [0.3, 0.4) is 0 Å². The summed E-state index contributed by atoms with van der Waals surface area (Å²) in [6.07, 6.45) is 8.08. The Balaban J connectivity index is 1.33. The molecule has 2 aliphatic heterocycles. The molecule has 4 rings (SSSR count). The second-order valence-electron chi connectivity index (χ2n) is 8.05. The van der Waals surface area contributed by atoms with E-state index >= 15 is 0 Å². The summed E-state index contributed by atoms with van der Waals surface area (Å²) in [5, 5.41) is 8.31. The van der Waals surface area contributed by atoms with Crippen LogP contribution in [-0.2, 0) is 20.7 Å². The molecule has 1 aliphatic carbocycles. The Hall–Kier alpha value is -1.96. The Labute approximate surface area is 165 Å². The van der Waals surface area contributed by atoms with E-state index in [1.165, 1.54) is 12.8 Å². The molecule has 3 heterocycles. The van der Waals surface area contributed by atoms with Gasteiger partial charge in [-0.1, -0.05) is 12.8 Å². The molecule has 8 heteroatoms. The summed E-state index contributed by atoms with van der Waals surface area (Å²) >= 11 is 0. The molecule has 0 spiro atoms. The lowest BCUT2D eigenvalue weighted by Gasteiger charge is -2.38. The lowest BCUT2D eigenvalue weighted by atomic mass is 10.00. The Morgan fingerprint density at radius 1 is 0.964 bits per heavy atom. The number of hydrogen-bond donors (Lipinski definition) is 0. The molecule has 3 aliphatic rings. The van der Waals surface area contributed by atoms with Gasteiger partial charge < -0.3 is 19.0 Å². The van der Waals surface area contributed by atoms with E-state index in [9.17, 15) is 9.59 Å². The maximum Gasteiger partial charge on any atom is 0.245 e. The van der Waals surface area contributed by atoms with Gasteiger partial charge in [0.05, 0.1) is 13.2 Å². The van der Waals surface area contributed by atoms with E-state index in [1.807, 2.05) is 4.90 Å². The predicted molar refractivity (Wildman–Crippen MR) is 101 cm³/mol. The molecule has 2 saturated heterocycles. The number of ether oxygens (including phenoxy) is 1. The summed E-state index contributed by atoms with van der Waals surface area (Å²) in [5.41, 5.74) is 0. The lowest BCUT2D eigenvalue weighted by Crippen LogP contribution is -2.55. The van der Waals surface area contributed by atoms with Crippen LogP contribution in [0.5, 0.6) is 0 Å². The van der Waals surface area contributed by atoms with Crippen LogP contribution in [0.25, 0.3) is 0 Å². The van der Waals surface area contributed by atoms with Crippen LogP contribution in [0.2, 0.25) is 0 Å². The molecule has 3 fully saturated rings. The largest absolute Gasteiger partial charge is 0.425 e. The SMILES string of the molecule is O=C(C1CCCCN1C(=O)CCc1nnc(C2CCCC2)o1)N1CCOCC1. The van der Waals surface area contributed by atoms with Crippen LogP contribution in [0.15, 0.2) is 4.42 Å². The second-order valence-corrected chi connectivity index (χ2v) is 8.05. The number of aromatic nitrogens is 2. The molecule has 28 heavy (non-hydrogen) atoms. The zero-order valence-corrected chi connectivity index (χ0v) is 16.5. The highest BCUT2D eigenvalue weighted by atomic mass is 16.5. The van der Waals surface area contributed by atoms with Crippen molar-refractivity contribution in [1.82, 2.24) is 20.0 Å². The molecule has 1 aromatic heterocycles. The van der Waals surface area contributed by atoms with Gasteiger partial charge in [0, 0.05) is 38.4 Å². The first-order valence-electron chi connectivity index (χ1n) is 10.7. The number of rotatable bonds is 5. The van der Waals surface area contributed by atoms with Gasteiger partial charge >= 0.3 is 0 Å². The predicted octanol–water partition coefficient (Wildman–Crippen LogP) is 1.90. The van der Waals surface area contributed by atoms with Crippen molar-refractivity contribution in [1.29, 1.82) is 0 Å². The normalized spacial score (nSPS) is 23.9. The monoisotopic (exact) mass is 390 g/mol. The zero-order chi connectivity index (χ0) is 19.3. The van der Waals surface area contributed by atoms with E-state index in [0.29, 0.717) is 57.5 Å². The first-order valence-corrected chi connectivity index (χ1v) is 10.7. The van der Waals surface area contributed by atoms with Crippen molar-refractivity contribution in [2.75, 3.05) is 32.8 Å². The second kappa shape index (κ2) is 9.03. The van der Waals surface area contributed by atoms with Gasteiger partial charge in [-0.2, -0.15) is 0 Å². The molecule has 1 unspecified atom stereocenters. The molecule has 0 N–H and O–H groups in total. The zero-order valence-electron chi connectivity index (χ0n) is 16.5. The van der Waals surface area contributed by atoms with E-state index < -0.39 is 0 Å². The number of carbonyl (C=O) groups excluding carboxylic acids is 2. The van der Waals surface area contributed by atoms with E-state index in [1.54, 1.807) is 4.90 Å². The number of carbonyl (C=O) groups is 2. The highest BCUT2D eigenvalue weighted by Gasteiger charge is 2.35. The fraction of sp³-hybridized carbons (Fsp3) is 0.800. The topological polar surface area (TPSA) is 88.8 Å². The van der Waals surface area contributed by atoms with Gasteiger partial charge in [0.25, 0.3) is 0 Å².